The molecule has 0 aliphatic carbocycles. The third-order valence-electron chi connectivity index (χ3n) is 3.20. The Labute approximate surface area is 135 Å². The molecule has 124 valence electrons. The van der Waals surface area contributed by atoms with Crippen LogP contribution in [0.2, 0.25) is 0 Å². The SMILES string of the molecule is CC.CC.CCNC(Cc1cc2ccccc2[nH]1)C(=O)CC. The molecule has 3 nitrogen and oxygen atoms in total. The summed E-state index contributed by atoms with van der Waals surface area (Å²) in [6.07, 6.45) is 1.31. The van der Waals surface area contributed by atoms with Crippen molar-refractivity contribution in [2.24, 2.45) is 0 Å². The number of aromatic nitrogens is 1. The van der Waals surface area contributed by atoms with E-state index in [1.165, 1.54) is 5.39 Å². The lowest BCUT2D eigenvalue weighted by Crippen LogP contribution is -2.38. The number of hydrogen-bond acceptors (Lipinski definition) is 2. The molecule has 0 radical (unpaired) electrons. The minimum atomic E-state index is -0.0759. The number of hydrogen-bond donors (Lipinski definition) is 2. The Hall–Kier alpha value is -1.61. The van der Waals surface area contributed by atoms with Crippen LogP contribution in [0.4, 0.5) is 0 Å². The quantitative estimate of drug-likeness (QED) is 0.811. The van der Waals surface area contributed by atoms with Crippen LogP contribution in [-0.4, -0.2) is 23.4 Å². The third kappa shape index (κ3) is 6.02. The Bertz CT molecular complexity index is 498. The molecule has 1 unspecified atom stereocenters. The number of carbonyl (C=O) groups is 1. The minimum absolute atomic E-state index is 0.0759. The van der Waals surface area contributed by atoms with Gasteiger partial charge in [0.05, 0.1) is 6.04 Å². The van der Waals surface area contributed by atoms with Gasteiger partial charge in [0.1, 0.15) is 5.78 Å². The van der Waals surface area contributed by atoms with Crippen LogP contribution in [0, 0.1) is 0 Å². The first kappa shape index (κ1) is 20.4. The highest BCUT2D eigenvalue weighted by atomic mass is 16.1. The van der Waals surface area contributed by atoms with Crippen molar-refractivity contribution in [2.45, 2.75) is 60.4 Å². The van der Waals surface area contributed by atoms with Gasteiger partial charge in [0.2, 0.25) is 0 Å². The van der Waals surface area contributed by atoms with E-state index in [4.69, 9.17) is 0 Å². The second kappa shape index (κ2) is 12.0. The van der Waals surface area contributed by atoms with E-state index in [0.29, 0.717) is 6.42 Å². The van der Waals surface area contributed by atoms with Crippen molar-refractivity contribution in [1.82, 2.24) is 10.3 Å². The van der Waals surface area contributed by atoms with Crippen LogP contribution in [0.15, 0.2) is 30.3 Å². The lowest BCUT2D eigenvalue weighted by Gasteiger charge is -2.14. The van der Waals surface area contributed by atoms with Crippen LogP contribution in [0.5, 0.6) is 0 Å². The summed E-state index contributed by atoms with van der Waals surface area (Å²) >= 11 is 0. The van der Waals surface area contributed by atoms with Crippen molar-refractivity contribution < 1.29 is 4.79 Å². The molecule has 1 aromatic heterocycles. The highest BCUT2D eigenvalue weighted by molar-refractivity contribution is 5.85. The summed E-state index contributed by atoms with van der Waals surface area (Å²) in [5, 5.41) is 4.46. The predicted molar refractivity (Wildman–Crippen MR) is 97.5 cm³/mol. The summed E-state index contributed by atoms with van der Waals surface area (Å²) in [6.45, 7) is 12.8. The molecule has 3 heteroatoms. The van der Waals surface area contributed by atoms with E-state index in [-0.39, 0.29) is 11.8 Å². The average Bonchev–Trinajstić information content (AvgIpc) is 3.00. The van der Waals surface area contributed by atoms with Crippen molar-refractivity contribution in [3.63, 3.8) is 0 Å². The van der Waals surface area contributed by atoms with Gasteiger partial charge in [-0.3, -0.25) is 4.79 Å². The summed E-state index contributed by atoms with van der Waals surface area (Å²) in [6, 6.07) is 10.2. The van der Waals surface area contributed by atoms with Gasteiger partial charge in [-0.1, -0.05) is 59.7 Å². The molecule has 1 heterocycles. The van der Waals surface area contributed by atoms with Gasteiger partial charge in [-0.05, 0) is 24.1 Å². The van der Waals surface area contributed by atoms with Gasteiger partial charge in [-0.25, -0.2) is 0 Å². The van der Waals surface area contributed by atoms with E-state index >= 15 is 0 Å². The van der Waals surface area contributed by atoms with E-state index in [1.807, 2.05) is 53.7 Å². The van der Waals surface area contributed by atoms with E-state index in [0.717, 1.165) is 24.2 Å². The van der Waals surface area contributed by atoms with E-state index < -0.39 is 0 Å². The summed E-state index contributed by atoms with van der Waals surface area (Å²) < 4.78 is 0. The number of para-hydroxylation sites is 1. The first-order valence-electron chi connectivity index (χ1n) is 8.57. The Morgan fingerprint density at radius 3 is 2.32 bits per heavy atom. The number of Topliss-reactive ketones (excluding diaryl/α,β-unsaturated/α-hetero) is 1. The van der Waals surface area contributed by atoms with Gasteiger partial charge < -0.3 is 10.3 Å². The number of fused-ring (bicyclic) bond motifs is 1. The van der Waals surface area contributed by atoms with Gasteiger partial charge in [0, 0.05) is 24.1 Å². The van der Waals surface area contributed by atoms with Gasteiger partial charge in [0.25, 0.3) is 0 Å². The molecule has 0 saturated carbocycles. The largest absolute Gasteiger partial charge is 0.358 e. The molecule has 2 N–H and O–H groups in total. The molecule has 0 saturated heterocycles. The zero-order chi connectivity index (χ0) is 17.0. The fourth-order valence-corrected chi connectivity index (χ4v) is 2.26. The fraction of sp³-hybridized carbons (Fsp3) is 0.526. The van der Waals surface area contributed by atoms with Crippen molar-refractivity contribution >= 4 is 16.7 Å². The van der Waals surface area contributed by atoms with Crippen LogP contribution in [0.25, 0.3) is 10.9 Å². The second-order valence-electron chi connectivity index (χ2n) is 4.52. The number of benzene rings is 1. The Balaban J connectivity index is 0.00000102. The lowest BCUT2D eigenvalue weighted by molar-refractivity contribution is -0.120. The van der Waals surface area contributed by atoms with Crippen LogP contribution in [0.3, 0.4) is 0 Å². The number of ketones is 1. The zero-order valence-electron chi connectivity index (χ0n) is 15.0. The normalized spacial score (nSPS) is 11.0. The van der Waals surface area contributed by atoms with E-state index in [1.54, 1.807) is 0 Å². The Morgan fingerprint density at radius 2 is 1.77 bits per heavy atom. The first-order chi connectivity index (χ1) is 10.7. The van der Waals surface area contributed by atoms with Crippen LogP contribution in [0.1, 0.15) is 53.7 Å². The Morgan fingerprint density at radius 1 is 1.14 bits per heavy atom. The molecule has 2 rings (SSSR count). The maximum Gasteiger partial charge on any atom is 0.149 e. The molecule has 22 heavy (non-hydrogen) atoms. The number of carbonyl (C=O) groups excluding carboxylic acids is 1. The molecule has 1 atom stereocenters. The maximum atomic E-state index is 11.8. The van der Waals surface area contributed by atoms with Crippen molar-refractivity contribution in [3.8, 4) is 0 Å². The summed E-state index contributed by atoms with van der Waals surface area (Å²) in [5.41, 5.74) is 2.25. The van der Waals surface area contributed by atoms with E-state index in [9.17, 15) is 4.79 Å². The third-order valence-corrected chi connectivity index (χ3v) is 3.20. The molecular formula is C19H32N2O. The molecular weight excluding hydrogens is 272 g/mol. The molecule has 0 spiro atoms. The number of aromatic amines is 1. The van der Waals surface area contributed by atoms with Crippen molar-refractivity contribution in [3.05, 3.63) is 36.0 Å². The van der Waals surface area contributed by atoms with Crippen molar-refractivity contribution in [1.29, 1.82) is 0 Å². The first-order valence-corrected chi connectivity index (χ1v) is 8.57. The second-order valence-corrected chi connectivity index (χ2v) is 4.52. The summed E-state index contributed by atoms with van der Waals surface area (Å²) in [5.74, 6) is 0.274. The van der Waals surface area contributed by atoms with Gasteiger partial charge in [-0.2, -0.15) is 0 Å². The predicted octanol–water partition coefficient (Wildman–Crippen LogP) is 4.72. The fourth-order valence-electron chi connectivity index (χ4n) is 2.26. The Kier molecular flexibility index (Phi) is 11.1. The van der Waals surface area contributed by atoms with Gasteiger partial charge >= 0.3 is 0 Å². The summed E-state index contributed by atoms with van der Waals surface area (Å²) in [7, 11) is 0. The molecule has 0 aliphatic rings. The highest BCUT2D eigenvalue weighted by Gasteiger charge is 2.16. The number of H-pyrrole nitrogens is 1. The monoisotopic (exact) mass is 304 g/mol. The van der Waals surface area contributed by atoms with Crippen LogP contribution < -0.4 is 5.32 Å². The average molecular weight is 304 g/mol. The molecule has 0 fully saturated rings. The standard InChI is InChI=1S/C15H20N2O.2C2H6/c1-3-15(18)14(16-4-2)10-12-9-11-7-5-6-8-13(11)17-12;2*1-2/h5-9,14,16-17H,3-4,10H2,1-2H3;2*1-2H3. The number of rotatable bonds is 6. The molecule has 0 aliphatic heterocycles. The molecule has 1 aromatic carbocycles. The van der Waals surface area contributed by atoms with Crippen LogP contribution >= 0.6 is 0 Å². The highest BCUT2D eigenvalue weighted by Crippen LogP contribution is 2.16. The van der Waals surface area contributed by atoms with Gasteiger partial charge in [-0.15, -0.1) is 0 Å². The molecule has 0 bridgehead atoms. The minimum Gasteiger partial charge on any atom is -0.358 e. The number of likely N-dealkylation sites (N-methyl/N-ethyl adjacent to an activating group) is 1. The topological polar surface area (TPSA) is 44.9 Å². The van der Waals surface area contributed by atoms with E-state index in [2.05, 4.69) is 28.5 Å². The molecule has 0 amide bonds. The smallest absolute Gasteiger partial charge is 0.149 e. The summed E-state index contributed by atoms with van der Waals surface area (Å²) in [4.78, 5) is 15.2. The lowest BCUT2D eigenvalue weighted by atomic mass is 10.0. The van der Waals surface area contributed by atoms with Gasteiger partial charge in [0.15, 0.2) is 0 Å². The van der Waals surface area contributed by atoms with Crippen molar-refractivity contribution in [2.75, 3.05) is 6.54 Å². The van der Waals surface area contributed by atoms with Crippen LogP contribution in [-0.2, 0) is 11.2 Å². The molecule has 2 aromatic rings. The maximum absolute atomic E-state index is 11.8. The number of nitrogens with one attached hydrogen (secondary N) is 2. The zero-order valence-corrected chi connectivity index (χ0v) is 15.0.